The molecule has 36 heavy (non-hydrogen) atoms. The molecule has 0 atom stereocenters. The fourth-order valence-electron chi connectivity index (χ4n) is 4.83. The van der Waals surface area contributed by atoms with Crippen molar-refractivity contribution in [2.24, 2.45) is 0 Å². The number of carbonyl (C=O) groups excluding carboxylic acids is 1. The van der Waals surface area contributed by atoms with Crippen LogP contribution in [0.2, 0.25) is 0 Å². The lowest BCUT2D eigenvalue weighted by molar-refractivity contribution is -0.0231. The monoisotopic (exact) mass is 488 g/mol. The Morgan fingerprint density at radius 2 is 1.81 bits per heavy atom. The summed E-state index contributed by atoms with van der Waals surface area (Å²) in [5.41, 5.74) is 3.69. The number of ether oxygens (including phenoxy) is 1. The van der Waals surface area contributed by atoms with Crippen LogP contribution in [-0.4, -0.2) is 47.1 Å². The van der Waals surface area contributed by atoms with Crippen molar-refractivity contribution in [1.29, 1.82) is 5.26 Å². The van der Waals surface area contributed by atoms with Gasteiger partial charge in [0.1, 0.15) is 5.82 Å². The molecule has 1 aromatic heterocycles. The molecule has 2 aliphatic heterocycles. The molecule has 2 aromatic carbocycles. The molecule has 0 saturated carbocycles. The molecule has 0 radical (unpaired) electrons. The summed E-state index contributed by atoms with van der Waals surface area (Å²) in [4.78, 5) is 23.0. The highest BCUT2D eigenvalue weighted by molar-refractivity contribution is 5.96. The Balaban J connectivity index is 0.00000148. The van der Waals surface area contributed by atoms with Crippen LogP contribution in [0.25, 0.3) is 11.3 Å². The molecule has 2 saturated heterocycles. The van der Waals surface area contributed by atoms with Crippen LogP contribution in [0, 0.1) is 25.2 Å². The van der Waals surface area contributed by atoms with Gasteiger partial charge in [0.2, 0.25) is 0 Å². The molecule has 6 nitrogen and oxygen atoms in total. The topological polar surface area (TPSA) is 82.0 Å². The lowest BCUT2D eigenvalue weighted by Gasteiger charge is -2.44. The van der Waals surface area contributed by atoms with E-state index in [4.69, 9.17) is 15.0 Å². The van der Waals surface area contributed by atoms with Crippen LogP contribution in [0.15, 0.2) is 42.5 Å². The zero-order chi connectivity index (χ0) is 25.9. The predicted molar refractivity (Wildman–Crippen MR) is 137 cm³/mol. The minimum Gasteiger partial charge on any atom is -0.381 e. The second-order valence-corrected chi connectivity index (χ2v) is 9.33. The van der Waals surface area contributed by atoms with Gasteiger partial charge in [0.05, 0.1) is 30.4 Å². The largest absolute Gasteiger partial charge is 0.381 e. The quantitative estimate of drug-likeness (QED) is 0.503. The first kappa shape index (κ1) is 25.6. The van der Waals surface area contributed by atoms with Crippen LogP contribution in [-0.2, 0) is 10.4 Å². The number of benzene rings is 2. The Kier molecular flexibility index (Phi) is 7.56. The number of alkyl halides is 1. The van der Waals surface area contributed by atoms with Crippen molar-refractivity contribution in [3.05, 3.63) is 76.2 Å². The zero-order valence-electron chi connectivity index (χ0n) is 21.4. The van der Waals surface area contributed by atoms with E-state index < -0.39 is 5.67 Å². The van der Waals surface area contributed by atoms with Gasteiger partial charge in [0, 0.05) is 36.0 Å². The standard InChI is InChI=1S/C27H27FN4O2.C2H6/c1-17-3-6-21(13-23(17)24-18(2)30-25(31-24)20-9-11-34-12-10-20)26(33)32-15-27(28,16-32)22-7-4-19(14-29)5-8-22;1-2/h3-8,13,20H,9-12,15-16H2,1-2H3,(H,30,31);1-2H3. The number of halogens is 1. The summed E-state index contributed by atoms with van der Waals surface area (Å²) < 4.78 is 20.8. The van der Waals surface area contributed by atoms with Crippen molar-refractivity contribution in [1.82, 2.24) is 14.9 Å². The highest BCUT2D eigenvalue weighted by atomic mass is 19.1. The molecular formula is C29H33FN4O2. The molecule has 0 spiro atoms. The smallest absolute Gasteiger partial charge is 0.254 e. The Bertz CT molecular complexity index is 1260. The Labute approximate surface area is 212 Å². The third-order valence-electron chi connectivity index (χ3n) is 6.95. The number of carbonyl (C=O) groups is 1. The number of aromatic nitrogens is 2. The number of rotatable bonds is 4. The number of imidazole rings is 1. The van der Waals surface area contributed by atoms with Crippen molar-refractivity contribution in [3.8, 4) is 17.3 Å². The highest BCUT2D eigenvalue weighted by Crippen LogP contribution is 2.38. The number of amides is 1. The maximum Gasteiger partial charge on any atom is 0.254 e. The number of nitrogens with zero attached hydrogens (tertiary/aromatic N) is 3. The van der Waals surface area contributed by atoms with Crippen LogP contribution >= 0.6 is 0 Å². The van der Waals surface area contributed by atoms with E-state index >= 15 is 4.39 Å². The SMILES string of the molecule is CC.Cc1ccc(C(=O)N2CC(F)(c3ccc(C#N)cc3)C2)cc1-c1nc(C2CCOCC2)[nH]c1C. The van der Waals surface area contributed by atoms with Gasteiger partial charge in [0.15, 0.2) is 5.67 Å². The third-order valence-corrected chi connectivity index (χ3v) is 6.95. The summed E-state index contributed by atoms with van der Waals surface area (Å²) >= 11 is 0. The van der Waals surface area contributed by atoms with E-state index in [1.165, 1.54) is 4.90 Å². The molecule has 0 bridgehead atoms. The van der Waals surface area contributed by atoms with E-state index in [2.05, 4.69) is 4.98 Å². The van der Waals surface area contributed by atoms with Gasteiger partial charge in [-0.2, -0.15) is 5.26 Å². The zero-order valence-corrected chi connectivity index (χ0v) is 21.4. The lowest BCUT2D eigenvalue weighted by atomic mass is 9.87. The van der Waals surface area contributed by atoms with Gasteiger partial charge in [-0.3, -0.25) is 4.79 Å². The molecule has 1 N–H and O–H groups in total. The number of nitrogens with one attached hydrogen (secondary N) is 1. The van der Waals surface area contributed by atoms with Crippen molar-refractivity contribution >= 4 is 5.91 Å². The van der Waals surface area contributed by atoms with Gasteiger partial charge in [-0.1, -0.05) is 32.0 Å². The maximum absolute atomic E-state index is 15.3. The minimum atomic E-state index is -1.59. The summed E-state index contributed by atoms with van der Waals surface area (Å²) in [6.45, 7) is 9.50. The van der Waals surface area contributed by atoms with E-state index in [1.807, 2.05) is 45.9 Å². The first-order valence-electron chi connectivity index (χ1n) is 12.6. The fraction of sp³-hybridized carbons (Fsp3) is 0.414. The summed E-state index contributed by atoms with van der Waals surface area (Å²) in [6, 6.07) is 14.1. The number of hydrogen-bond donors (Lipinski definition) is 1. The number of H-pyrrole nitrogens is 1. The fourth-order valence-corrected chi connectivity index (χ4v) is 4.83. The van der Waals surface area contributed by atoms with E-state index in [0.717, 1.165) is 54.4 Å². The van der Waals surface area contributed by atoms with E-state index in [-0.39, 0.29) is 19.0 Å². The molecule has 7 heteroatoms. The van der Waals surface area contributed by atoms with E-state index in [1.54, 1.807) is 30.3 Å². The molecule has 3 heterocycles. The first-order chi connectivity index (χ1) is 17.4. The van der Waals surface area contributed by atoms with Gasteiger partial charge in [-0.25, -0.2) is 9.37 Å². The predicted octanol–water partition coefficient (Wildman–Crippen LogP) is 5.81. The first-order valence-corrected chi connectivity index (χ1v) is 12.6. The molecule has 0 unspecified atom stereocenters. The highest BCUT2D eigenvalue weighted by Gasteiger charge is 2.47. The summed E-state index contributed by atoms with van der Waals surface area (Å²) in [5.74, 6) is 1.13. The second kappa shape index (κ2) is 10.6. The summed E-state index contributed by atoms with van der Waals surface area (Å²) in [7, 11) is 0. The minimum absolute atomic E-state index is 0.00370. The molecule has 5 rings (SSSR count). The number of aryl methyl sites for hydroxylation is 2. The molecule has 3 aromatic rings. The molecular weight excluding hydrogens is 455 g/mol. The molecule has 2 fully saturated rings. The van der Waals surface area contributed by atoms with Crippen LogP contribution in [0.1, 0.15) is 71.2 Å². The number of aromatic amines is 1. The van der Waals surface area contributed by atoms with Crippen molar-refractivity contribution in [2.45, 2.75) is 52.1 Å². The average molecular weight is 489 g/mol. The average Bonchev–Trinajstić information content (AvgIpc) is 3.29. The number of nitriles is 1. The molecule has 1 amide bonds. The Morgan fingerprint density at radius 1 is 1.14 bits per heavy atom. The molecule has 0 aliphatic carbocycles. The van der Waals surface area contributed by atoms with Gasteiger partial charge in [-0.05, 0) is 62.1 Å². The number of hydrogen-bond acceptors (Lipinski definition) is 4. The van der Waals surface area contributed by atoms with E-state index in [0.29, 0.717) is 22.6 Å². The van der Waals surface area contributed by atoms with Crippen molar-refractivity contribution in [3.63, 3.8) is 0 Å². The lowest BCUT2D eigenvalue weighted by Crippen LogP contribution is -2.58. The van der Waals surface area contributed by atoms with Crippen molar-refractivity contribution in [2.75, 3.05) is 26.3 Å². The third kappa shape index (κ3) is 4.91. The van der Waals surface area contributed by atoms with Crippen LogP contribution in [0.4, 0.5) is 4.39 Å². The molecule has 188 valence electrons. The Hall–Kier alpha value is -3.50. The normalized spacial score (nSPS) is 16.9. The Morgan fingerprint density at radius 3 is 2.44 bits per heavy atom. The number of likely N-dealkylation sites (tertiary alicyclic amines) is 1. The van der Waals surface area contributed by atoms with Crippen LogP contribution in [0.3, 0.4) is 0 Å². The summed E-state index contributed by atoms with van der Waals surface area (Å²) in [6.07, 6.45) is 1.90. The van der Waals surface area contributed by atoms with Crippen LogP contribution in [0.5, 0.6) is 0 Å². The molecule has 2 aliphatic rings. The maximum atomic E-state index is 15.3. The van der Waals surface area contributed by atoms with Gasteiger partial charge in [0.25, 0.3) is 5.91 Å². The summed E-state index contributed by atoms with van der Waals surface area (Å²) in [5, 5.41) is 8.94. The van der Waals surface area contributed by atoms with E-state index in [9.17, 15) is 4.79 Å². The van der Waals surface area contributed by atoms with Crippen molar-refractivity contribution < 1.29 is 13.9 Å². The second-order valence-electron chi connectivity index (χ2n) is 9.33. The van der Waals surface area contributed by atoms with Gasteiger partial charge in [-0.15, -0.1) is 0 Å². The van der Waals surface area contributed by atoms with Gasteiger partial charge < -0.3 is 14.6 Å². The van der Waals surface area contributed by atoms with Gasteiger partial charge >= 0.3 is 0 Å². The van der Waals surface area contributed by atoms with Crippen LogP contribution < -0.4 is 0 Å².